The van der Waals surface area contributed by atoms with Crippen molar-refractivity contribution in [2.45, 2.75) is 40.1 Å². The number of carbonyl (C=O) groups excluding carboxylic acids is 1. The molecule has 0 bridgehead atoms. The van der Waals surface area contributed by atoms with E-state index in [4.69, 9.17) is 0 Å². The fourth-order valence-corrected chi connectivity index (χ4v) is 3.32. The molecule has 1 aromatic heterocycles. The zero-order valence-electron chi connectivity index (χ0n) is 20.4. The van der Waals surface area contributed by atoms with Crippen molar-refractivity contribution >= 4 is 28.3 Å². The van der Waals surface area contributed by atoms with E-state index in [2.05, 4.69) is 39.2 Å². The number of amides is 1. The number of anilines is 2. The molecule has 0 radical (unpaired) electrons. The number of aryl methyl sites for hydroxylation is 2. The first-order valence-electron chi connectivity index (χ1n) is 11.2. The Morgan fingerprint density at radius 1 is 0.972 bits per heavy atom. The summed E-state index contributed by atoms with van der Waals surface area (Å²) in [5.74, 6) is 0.0325. The molecule has 36 heavy (non-hydrogen) atoms. The number of fused-ring (bicyclic) bond motifs is 1. The van der Waals surface area contributed by atoms with Crippen LogP contribution < -0.4 is 15.4 Å². The largest absolute Gasteiger partial charge is 0.573 e. The number of nitrogens with one attached hydrogen (secondary N) is 2. The van der Waals surface area contributed by atoms with Gasteiger partial charge in [-0.05, 0) is 74.9 Å². The van der Waals surface area contributed by atoms with E-state index in [-0.39, 0.29) is 11.7 Å². The van der Waals surface area contributed by atoms with Gasteiger partial charge in [-0.15, -0.1) is 13.2 Å². The van der Waals surface area contributed by atoms with Gasteiger partial charge in [0.2, 0.25) is 5.95 Å². The molecular formula is C27H27F3N4O2. The highest BCUT2D eigenvalue weighted by molar-refractivity contribution is 6.13. The van der Waals surface area contributed by atoms with Gasteiger partial charge >= 0.3 is 6.36 Å². The van der Waals surface area contributed by atoms with Gasteiger partial charge in [-0.2, -0.15) is 0 Å². The summed E-state index contributed by atoms with van der Waals surface area (Å²) < 4.78 is 40.3. The van der Waals surface area contributed by atoms with Gasteiger partial charge < -0.3 is 15.4 Å². The molecule has 188 valence electrons. The van der Waals surface area contributed by atoms with E-state index in [1.807, 2.05) is 44.2 Å². The number of hydrogen-bond acceptors (Lipinski definition) is 5. The van der Waals surface area contributed by atoms with Crippen molar-refractivity contribution in [1.29, 1.82) is 0 Å². The maximum absolute atomic E-state index is 12.5. The van der Waals surface area contributed by atoms with Crippen LogP contribution in [-0.2, 0) is 0 Å². The van der Waals surface area contributed by atoms with Gasteiger partial charge in [0, 0.05) is 29.2 Å². The highest BCUT2D eigenvalue weighted by Crippen LogP contribution is 2.25. The summed E-state index contributed by atoms with van der Waals surface area (Å²) in [6.45, 7) is 8.04. The fourth-order valence-electron chi connectivity index (χ4n) is 3.32. The summed E-state index contributed by atoms with van der Waals surface area (Å²) in [5, 5.41) is 7.56. The molecule has 4 aromatic rings. The predicted octanol–water partition coefficient (Wildman–Crippen LogP) is 6.90. The van der Waals surface area contributed by atoms with E-state index >= 15 is 0 Å². The molecule has 0 aliphatic heterocycles. The van der Waals surface area contributed by atoms with Crippen molar-refractivity contribution in [3.63, 3.8) is 0 Å². The van der Waals surface area contributed by atoms with Gasteiger partial charge in [-0.3, -0.25) is 4.79 Å². The van der Waals surface area contributed by atoms with Crippen LogP contribution in [0.1, 0.15) is 35.5 Å². The Morgan fingerprint density at radius 3 is 2.33 bits per heavy atom. The van der Waals surface area contributed by atoms with Gasteiger partial charge in [-0.1, -0.05) is 35.9 Å². The maximum atomic E-state index is 12.5. The number of hydrogen-bond donors (Lipinski definition) is 2. The van der Waals surface area contributed by atoms with Crippen LogP contribution in [-0.4, -0.2) is 28.3 Å². The molecule has 0 saturated heterocycles. The monoisotopic (exact) mass is 496 g/mol. The second kappa shape index (κ2) is 11.5. The van der Waals surface area contributed by atoms with Gasteiger partial charge in [0.1, 0.15) is 5.75 Å². The molecule has 4 rings (SSSR count). The van der Waals surface area contributed by atoms with Crippen LogP contribution in [0.15, 0.2) is 72.9 Å². The molecule has 0 aliphatic carbocycles. The minimum atomic E-state index is -4.74. The Hall–Kier alpha value is -4.14. The molecule has 1 amide bonds. The predicted molar refractivity (Wildman–Crippen MR) is 135 cm³/mol. The first-order valence-corrected chi connectivity index (χ1v) is 11.2. The molecule has 2 N–H and O–H groups in total. The molecular weight excluding hydrogens is 469 g/mol. The minimum Gasteiger partial charge on any atom is -0.406 e. The molecule has 6 nitrogen and oxygen atoms in total. The summed E-state index contributed by atoms with van der Waals surface area (Å²) in [6.07, 6.45) is -2.99. The van der Waals surface area contributed by atoms with Crippen molar-refractivity contribution < 1.29 is 22.7 Å². The Bertz CT molecular complexity index is 1320. The molecule has 9 heteroatoms. The van der Waals surface area contributed by atoms with E-state index in [9.17, 15) is 18.0 Å². The number of aromatic nitrogens is 2. The topological polar surface area (TPSA) is 76.1 Å². The van der Waals surface area contributed by atoms with E-state index in [1.165, 1.54) is 12.1 Å². The van der Waals surface area contributed by atoms with E-state index < -0.39 is 6.36 Å². The number of carbonyl (C=O) groups is 1. The summed E-state index contributed by atoms with van der Waals surface area (Å²) in [4.78, 5) is 20.8. The average molecular weight is 497 g/mol. The minimum absolute atomic E-state index is 0.334. The van der Waals surface area contributed by atoms with E-state index in [0.29, 0.717) is 23.2 Å². The SMILES string of the molecule is Cc1ccc2c(C(=O)Nc3ccc(OC(F)(F)F)cc3)cccc2c1.Cc1ccnc(NC(C)C)n1. The Labute approximate surface area is 207 Å². The number of rotatable bonds is 5. The van der Waals surface area contributed by atoms with Crippen LogP contribution in [0.4, 0.5) is 24.8 Å². The van der Waals surface area contributed by atoms with E-state index in [0.717, 1.165) is 34.2 Å². The summed E-state index contributed by atoms with van der Waals surface area (Å²) in [6, 6.07) is 18.5. The Balaban J connectivity index is 0.000000275. The van der Waals surface area contributed by atoms with Crippen molar-refractivity contribution in [3.8, 4) is 5.75 Å². The lowest BCUT2D eigenvalue weighted by Gasteiger charge is -2.11. The van der Waals surface area contributed by atoms with Crippen LogP contribution >= 0.6 is 0 Å². The van der Waals surface area contributed by atoms with Gasteiger partial charge in [0.15, 0.2) is 0 Å². The molecule has 1 heterocycles. The van der Waals surface area contributed by atoms with Crippen LogP contribution in [0.2, 0.25) is 0 Å². The highest BCUT2D eigenvalue weighted by atomic mass is 19.4. The highest BCUT2D eigenvalue weighted by Gasteiger charge is 2.31. The molecule has 3 aromatic carbocycles. The first-order chi connectivity index (χ1) is 17.0. The van der Waals surface area contributed by atoms with Crippen molar-refractivity contribution in [3.05, 3.63) is 89.7 Å². The number of ether oxygens (including phenoxy) is 1. The van der Waals surface area contributed by atoms with Crippen LogP contribution in [0.3, 0.4) is 0 Å². The van der Waals surface area contributed by atoms with Crippen molar-refractivity contribution in [1.82, 2.24) is 9.97 Å². The average Bonchev–Trinajstić information content (AvgIpc) is 2.79. The zero-order valence-corrected chi connectivity index (χ0v) is 20.4. The third-order valence-corrected chi connectivity index (χ3v) is 4.84. The molecule has 0 fully saturated rings. The van der Waals surface area contributed by atoms with Gasteiger partial charge in [-0.25, -0.2) is 9.97 Å². The second-order valence-corrected chi connectivity index (χ2v) is 8.38. The van der Waals surface area contributed by atoms with Crippen LogP contribution in [0.5, 0.6) is 5.75 Å². The second-order valence-electron chi connectivity index (χ2n) is 8.38. The number of benzene rings is 3. The lowest BCUT2D eigenvalue weighted by atomic mass is 10.0. The van der Waals surface area contributed by atoms with Crippen LogP contribution in [0, 0.1) is 13.8 Å². The summed E-state index contributed by atoms with van der Waals surface area (Å²) >= 11 is 0. The fraction of sp³-hybridized carbons (Fsp3) is 0.222. The standard InChI is InChI=1S/C19H14F3NO2.C8H13N3/c1-12-5-10-16-13(11-12)3-2-4-17(16)18(24)23-14-6-8-15(9-7-14)25-19(20,21)22;1-6(2)10-8-9-5-4-7(3)11-8/h2-11H,1H3,(H,23,24);4-6H,1-3H3,(H,9,10,11). The van der Waals surface area contributed by atoms with Gasteiger partial charge in [0.05, 0.1) is 0 Å². The molecule has 0 atom stereocenters. The van der Waals surface area contributed by atoms with Crippen LogP contribution in [0.25, 0.3) is 10.8 Å². The van der Waals surface area contributed by atoms with Gasteiger partial charge in [0.25, 0.3) is 5.91 Å². The first kappa shape index (κ1) is 26.5. The van der Waals surface area contributed by atoms with E-state index in [1.54, 1.807) is 18.3 Å². The Morgan fingerprint density at radius 2 is 1.69 bits per heavy atom. The maximum Gasteiger partial charge on any atom is 0.573 e. The lowest BCUT2D eigenvalue weighted by Crippen LogP contribution is -2.17. The Kier molecular flexibility index (Phi) is 8.47. The number of halogens is 3. The normalized spacial score (nSPS) is 11.0. The molecule has 0 unspecified atom stereocenters. The third kappa shape index (κ3) is 7.97. The number of nitrogens with zero attached hydrogens (tertiary/aromatic N) is 2. The number of alkyl halides is 3. The smallest absolute Gasteiger partial charge is 0.406 e. The molecule has 0 aliphatic rings. The summed E-state index contributed by atoms with van der Waals surface area (Å²) in [7, 11) is 0. The zero-order chi connectivity index (χ0) is 26.3. The van der Waals surface area contributed by atoms with Crippen molar-refractivity contribution in [2.24, 2.45) is 0 Å². The summed E-state index contributed by atoms with van der Waals surface area (Å²) in [5.41, 5.74) is 2.95. The lowest BCUT2D eigenvalue weighted by molar-refractivity contribution is -0.274. The molecule has 0 saturated carbocycles. The quantitative estimate of drug-likeness (QED) is 0.314. The third-order valence-electron chi connectivity index (χ3n) is 4.84. The van der Waals surface area contributed by atoms with Crippen molar-refractivity contribution in [2.75, 3.05) is 10.6 Å². The molecule has 0 spiro atoms.